The lowest BCUT2D eigenvalue weighted by molar-refractivity contribution is 0.306. The molecule has 1 aliphatic rings. The highest BCUT2D eigenvalue weighted by Gasteiger charge is 2.36. The fourth-order valence-corrected chi connectivity index (χ4v) is 2.66. The molecule has 0 N–H and O–H groups in total. The molecule has 1 fully saturated rings. The van der Waals surface area contributed by atoms with Gasteiger partial charge in [-0.15, -0.1) is 0 Å². The summed E-state index contributed by atoms with van der Waals surface area (Å²) >= 11 is 0. The van der Waals surface area contributed by atoms with Crippen molar-refractivity contribution in [3.05, 3.63) is 65.7 Å². The summed E-state index contributed by atoms with van der Waals surface area (Å²) in [6.07, 6.45) is 2.66. The molecule has 1 heteroatoms. The third kappa shape index (κ3) is 2.98. The van der Waals surface area contributed by atoms with Crippen molar-refractivity contribution < 1.29 is 4.74 Å². The van der Waals surface area contributed by atoms with Crippen molar-refractivity contribution in [2.75, 3.05) is 0 Å². The number of hydrogen-bond acceptors (Lipinski definition) is 1. The molecule has 0 spiro atoms. The highest BCUT2D eigenvalue weighted by atomic mass is 16.5. The molecular weight excluding hydrogens is 232 g/mol. The van der Waals surface area contributed by atoms with E-state index in [4.69, 9.17) is 4.74 Å². The van der Waals surface area contributed by atoms with Crippen LogP contribution in [0.2, 0.25) is 0 Å². The van der Waals surface area contributed by atoms with E-state index in [-0.39, 0.29) is 0 Å². The maximum atomic E-state index is 5.80. The molecule has 2 unspecified atom stereocenters. The normalized spacial score (nSPS) is 21.1. The van der Waals surface area contributed by atoms with Crippen LogP contribution in [0, 0.1) is 5.92 Å². The van der Waals surface area contributed by atoms with Gasteiger partial charge in [-0.2, -0.15) is 0 Å². The van der Waals surface area contributed by atoms with Gasteiger partial charge in [0.2, 0.25) is 0 Å². The van der Waals surface area contributed by atoms with Gasteiger partial charge in [0.1, 0.15) is 12.4 Å². The van der Waals surface area contributed by atoms with E-state index in [9.17, 15) is 0 Å². The molecule has 2 aromatic carbocycles. The van der Waals surface area contributed by atoms with Crippen molar-refractivity contribution >= 4 is 0 Å². The van der Waals surface area contributed by atoms with Crippen LogP contribution in [-0.4, -0.2) is 0 Å². The third-order valence-electron chi connectivity index (χ3n) is 4.00. The number of hydrogen-bond donors (Lipinski definition) is 0. The first-order chi connectivity index (χ1) is 9.36. The summed E-state index contributed by atoms with van der Waals surface area (Å²) in [6.45, 7) is 2.92. The number of rotatable bonds is 5. The van der Waals surface area contributed by atoms with Gasteiger partial charge < -0.3 is 4.74 Å². The monoisotopic (exact) mass is 252 g/mol. The maximum absolute atomic E-state index is 5.80. The minimum absolute atomic E-state index is 0.640. The lowest BCUT2D eigenvalue weighted by atomic mass is 10.1. The molecule has 0 radical (unpaired) electrons. The summed E-state index contributed by atoms with van der Waals surface area (Å²) in [5.41, 5.74) is 2.68. The lowest BCUT2D eigenvalue weighted by Gasteiger charge is -2.07. The average molecular weight is 252 g/mol. The summed E-state index contributed by atoms with van der Waals surface area (Å²) in [6, 6.07) is 18.9. The van der Waals surface area contributed by atoms with Crippen LogP contribution in [0.4, 0.5) is 0 Å². The molecule has 3 rings (SSSR count). The Morgan fingerprint density at radius 1 is 1.00 bits per heavy atom. The van der Waals surface area contributed by atoms with Crippen molar-refractivity contribution in [2.24, 2.45) is 5.92 Å². The Hall–Kier alpha value is -1.76. The lowest BCUT2D eigenvalue weighted by Crippen LogP contribution is -1.95. The first kappa shape index (κ1) is 12.3. The molecule has 1 nitrogen and oxygen atoms in total. The van der Waals surface area contributed by atoms with Crippen LogP contribution in [0.5, 0.6) is 5.75 Å². The van der Waals surface area contributed by atoms with Gasteiger partial charge in [-0.3, -0.25) is 0 Å². The molecule has 98 valence electrons. The fourth-order valence-electron chi connectivity index (χ4n) is 2.66. The largest absolute Gasteiger partial charge is 0.489 e. The summed E-state index contributed by atoms with van der Waals surface area (Å²) in [5, 5.41) is 0. The van der Waals surface area contributed by atoms with Crippen LogP contribution in [0.3, 0.4) is 0 Å². The minimum atomic E-state index is 0.640. The third-order valence-corrected chi connectivity index (χ3v) is 4.00. The smallest absolute Gasteiger partial charge is 0.119 e. The van der Waals surface area contributed by atoms with Gasteiger partial charge >= 0.3 is 0 Å². The zero-order chi connectivity index (χ0) is 13.1. The first-order valence-electron chi connectivity index (χ1n) is 7.13. The molecule has 0 aliphatic heterocycles. The average Bonchev–Trinajstić information content (AvgIpc) is 3.26. The van der Waals surface area contributed by atoms with Gasteiger partial charge in [-0.05, 0) is 41.5 Å². The van der Waals surface area contributed by atoms with E-state index in [0.717, 1.165) is 17.6 Å². The van der Waals surface area contributed by atoms with Crippen LogP contribution in [0.15, 0.2) is 54.6 Å². The van der Waals surface area contributed by atoms with Crippen LogP contribution >= 0.6 is 0 Å². The van der Waals surface area contributed by atoms with Crippen LogP contribution in [-0.2, 0) is 6.61 Å². The van der Waals surface area contributed by atoms with Crippen LogP contribution in [0.25, 0.3) is 0 Å². The van der Waals surface area contributed by atoms with Gasteiger partial charge in [-0.1, -0.05) is 55.8 Å². The Bertz CT molecular complexity index is 515. The molecule has 2 atom stereocenters. The summed E-state index contributed by atoms with van der Waals surface area (Å²) in [7, 11) is 0. The Labute approximate surface area is 115 Å². The highest BCUT2D eigenvalue weighted by Crippen LogP contribution is 2.49. The topological polar surface area (TPSA) is 9.23 Å². The van der Waals surface area contributed by atoms with E-state index in [1.165, 1.54) is 24.0 Å². The fraction of sp³-hybridized carbons (Fsp3) is 0.333. The standard InChI is InChI=1S/C18H20O/c1-2-15-12-18(15)16-8-10-17(11-9-16)19-13-14-6-4-3-5-7-14/h3-11,15,18H,2,12-13H2,1H3. The highest BCUT2D eigenvalue weighted by molar-refractivity contribution is 5.32. The molecule has 2 aromatic rings. The molecule has 1 saturated carbocycles. The molecule has 0 aromatic heterocycles. The van der Waals surface area contributed by atoms with Gasteiger partial charge in [0.15, 0.2) is 0 Å². The minimum Gasteiger partial charge on any atom is -0.489 e. The van der Waals surface area contributed by atoms with Gasteiger partial charge in [0, 0.05) is 0 Å². The predicted octanol–water partition coefficient (Wildman–Crippen LogP) is 4.78. The molecule has 0 bridgehead atoms. The van der Waals surface area contributed by atoms with E-state index in [0.29, 0.717) is 6.61 Å². The van der Waals surface area contributed by atoms with Crippen molar-refractivity contribution in [3.63, 3.8) is 0 Å². The van der Waals surface area contributed by atoms with E-state index >= 15 is 0 Å². The molecule has 1 aliphatic carbocycles. The SMILES string of the molecule is CCC1CC1c1ccc(OCc2ccccc2)cc1. The second kappa shape index (κ2) is 5.48. The first-order valence-corrected chi connectivity index (χ1v) is 7.13. The van der Waals surface area contributed by atoms with Gasteiger partial charge in [0.25, 0.3) is 0 Å². The second-order valence-electron chi connectivity index (χ2n) is 5.35. The quantitative estimate of drug-likeness (QED) is 0.744. The van der Waals surface area contributed by atoms with Gasteiger partial charge in [0.05, 0.1) is 0 Å². The second-order valence-corrected chi connectivity index (χ2v) is 5.35. The maximum Gasteiger partial charge on any atom is 0.119 e. The molecule has 0 amide bonds. The molecule has 0 heterocycles. The van der Waals surface area contributed by atoms with E-state index in [1.807, 2.05) is 18.2 Å². The predicted molar refractivity (Wildman–Crippen MR) is 78.4 cm³/mol. The number of ether oxygens (including phenoxy) is 1. The van der Waals surface area contributed by atoms with Crippen molar-refractivity contribution in [3.8, 4) is 5.75 Å². The Kier molecular flexibility index (Phi) is 3.54. The zero-order valence-corrected chi connectivity index (χ0v) is 11.4. The van der Waals surface area contributed by atoms with Crippen molar-refractivity contribution in [2.45, 2.75) is 32.3 Å². The van der Waals surface area contributed by atoms with Gasteiger partial charge in [-0.25, -0.2) is 0 Å². The zero-order valence-electron chi connectivity index (χ0n) is 11.4. The van der Waals surface area contributed by atoms with Crippen LogP contribution in [0.1, 0.15) is 36.8 Å². The molecule has 0 saturated heterocycles. The van der Waals surface area contributed by atoms with Crippen molar-refractivity contribution in [1.29, 1.82) is 0 Å². The van der Waals surface area contributed by atoms with E-state index in [2.05, 4.69) is 43.3 Å². The number of benzene rings is 2. The Morgan fingerprint density at radius 3 is 2.37 bits per heavy atom. The Balaban J connectivity index is 1.58. The van der Waals surface area contributed by atoms with Crippen LogP contribution < -0.4 is 4.74 Å². The molecule has 19 heavy (non-hydrogen) atoms. The molecular formula is C18H20O. The van der Waals surface area contributed by atoms with E-state index in [1.54, 1.807) is 0 Å². The summed E-state index contributed by atoms with van der Waals surface area (Å²) in [4.78, 5) is 0. The Morgan fingerprint density at radius 2 is 1.74 bits per heavy atom. The summed E-state index contributed by atoms with van der Waals surface area (Å²) < 4.78 is 5.80. The van der Waals surface area contributed by atoms with Crippen molar-refractivity contribution in [1.82, 2.24) is 0 Å². The summed E-state index contributed by atoms with van der Waals surface area (Å²) in [5.74, 6) is 2.67. The van der Waals surface area contributed by atoms with E-state index < -0.39 is 0 Å².